The molecule has 0 unspecified atom stereocenters. The van der Waals surface area contributed by atoms with Crippen LogP contribution in [0.3, 0.4) is 0 Å². The normalized spacial score (nSPS) is 24.6. The van der Waals surface area contributed by atoms with Crippen LogP contribution < -0.4 is 0 Å². The number of ether oxygens (including phenoxy) is 1. The minimum absolute atomic E-state index is 0.0491. The van der Waals surface area contributed by atoms with Crippen LogP contribution >= 0.6 is 12.2 Å². The van der Waals surface area contributed by atoms with Gasteiger partial charge in [0.25, 0.3) is 0 Å². The summed E-state index contributed by atoms with van der Waals surface area (Å²) in [6.45, 7) is 1.95. The number of methoxy groups -OCH3 is 1. The number of carbonyl (C=O) groups is 1. The molecule has 0 aromatic rings. The molecule has 102 valence electrons. The highest BCUT2D eigenvalue weighted by molar-refractivity contribution is 7.80. The number of rotatable bonds is 2. The molecule has 1 saturated carbocycles. The maximum absolute atomic E-state index is 11.4. The van der Waals surface area contributed by atoms with Gasteiger partial charge in [-0.05, 0) is 32.6 Å². The van der Waals surface area contributed by atoms with Crippen molar-refractivity contribution in [3.8, 4) is 0 Å². The van der Waals surface area contributed by atoms with Gasteiger partial charge >= 0.3 is 5.97 Å². The fourth-order valence-electron chi connectivity index (χ4n) is 2.09. The summed E-state index contributed by atoms with van der Waals surface area (Å²) < 4.78 is 4.78. The van der Waals surface area contributed by atoms with Gasteiger partial charge in [-0.25, -0.2) is 4.99 Å². The van der Waals surface area contributed by atoms with E-state index in [-0.39, 0.29) is 11.9 Å². The standard InChI is InChI=1S/C13H22N2O2S/c1-9(15(2)3)14-12(18)10-5-7-11(8-6-10)13(16)17-4/h10-11H,5-8H2,1-4H3/b14-9-. The number of hydrogen-bond acceptors (Lipinski definition) is 3. The van der Waals surface area contributed by atoms with Crippen molar-refractivity contribution in [2.75, 3.05) is 21.2 Å². The van der Waals surface area contributed by atoms with E-state index in [9.17, 15) is 4.79 Å². The van der Waals surface area contributed by atoms with Crippen molar-refractivity contribution in [3.05, 3.63) is 0 Å². The quantitative estimate of drug-likeness (QED) is 0.334. The molecule has 18 heavy (non-hydrogen) atoms. The smallest absolute Gasteiger partial charge is 0.308 e. The van der Waals surface area contributed by atoms with Crippen molar-refractivity contribution in [2.45, 2.75) is 32.6 Å². The number of esters is 1. The molecule has 0 N–H and O–H groups in total. The molecular weight excluding hydrogens is 248 g/mol. The predicted octanol–water partition coefficient (Wildman–Crippen LogP) is 2.27. The lowest BCUT2D eigenvalue weighted by Crippen LogP contribution is -2.27. The zero-order chi connectivity index (χ0) is 13.7. The minimum atomic E-state index is -0.0904. The van der Waals surface area contributed by atoms with E-state index in [2.05, 4.69) is 4.99 Å². The van der Waals surface area contributed by atoms with E-state index in [4.69, 9.17) is 17.0 Å². The third-order valence-electron chi connectivity index (χ3n) is 3.53. The molecule has 1 rings (SSSR count). The van der Waals surface area contributed by atoms with Crippen LogP contribution in [0.2, 0.25) is 0 Å². The lowest BCUT2D eigenvalue weighted by Gasteiger charge is -2.26. The molecule has 0 atom stereocenters. The second-order valence-corrected chi connectivity index (χ2v) is 5.38. The van der Waals surface area contributed by atoms with Crippen LogP contribution in [0.1, 0.15) is 32.6 Å². The first-order valence-electron chi connectivity index (χ1n) is 6.30. The summed E-state index contributed by atoms with van der Waals surface area (Å²) in [5, 5.41) is 0. The maximum atomic E-state index is 11.4. The highest BCUT2D eigenvalue weighted by Crippen LogP contribution is 2.30. The zero-order valence-electron chi connectivity index (χ0n) is 11.6. The Labute approximate surface area is 114 Å². The topological polar surface area (TPSA) is 41.9 Å². The van der Waals surface area contributed by atoms with Gasteiger partial charge in [0.1, 0.15) is 10.8 Å². The first-order chi connectivity index (χ1) is 8.45. The summed E-state index contributed by atoms with van der Waals surface area (Å²) in [6.07, 6.45) is 3.58. The molecule has 0 bridgehead atoms. The molecule has 0 spiro atoms. The summed E-state index contributed by atoms with van der Waals surface area (Å²) in [5.41, 5.74) is 0. The van der Waals surface area contributed by atoms with Crippen LogP contribution in [0.25, 0.3) is 0 Å². The van der Waals surface area contributed by atoms with E-state index in [1.165, 1.54) is 7.11 Å². The fraction of sp³-hybridized carbons (Fsp3) is 0.769. The van der Waals surface area contributed by atoms with Gasteiger partial charge in [0.2, 0.25) is 0 Å². The molecular formula is C13H22N2O2S. The molecule has 0 saturated heterocycles. The number of hydrogen-bond donors (Lipinski definition) is 0. The van der Waals surface area contributed by atoms with Crippen LogP contribution in [-0.2, 0) is 9.53 Å². The Bertz CT molecular complexity index is 345. The van der Waals surface area contributed by atoms with Crippen LogP contribution in [0, 0.1) is 11.8 Å². The van der Waals surface area contributed by atoms with E-state index in [0.29, 0.717) is 5.92 Å². The van der Waals surface area contributed by atoms with Gasteiger partial charge in [-0.3, -0.25) is 4.79 Å². The molecule has 0 aliphatic heterocycles. The number of amidine groups is 1. The number of nitrogens with zero attached hydrogens (tertiary/aromatic N) is 2. The molecule has 5 heteroatoms. The highest BCUT2D eigenvalue weighted by atomic mass is 32.1. The van der Waals surface area contributed by atoms with Crippen LogP contribution in [-0.4, -0.2) is 42.9 Å². The lowest BCUT2D eigenvalue weighted by molar-refractivity contribution is -0.146. The van der Waals surface area contributed by atoms with E-state index >= 15 is 0 Å². The molecule has 0 aromatic carbocycles. The third-order valence-corrected chi connectivity index (χ3v) is 3.95. The van der Waals surface area contributed by atoms with Crippen molar-refractivity contribution in [3.63, 3.8) is 0 Å². The van der Waals surface area contributed by atoms with E-state index in [1.54, 1.807) is 0 Å². The van der Waals surface area contributed by atoms with Gasteiger partial charge in [-0.2, -0.15) is 0 Å². The summed E-state index contributed by atoms with van der Waals surface area (Å²) >= 11 is 5.37. The van der Waals surface area contributed by atoms with Gasteiger partial charge in [-0.15, -0.1) is 0 Å². The maximum Gasteiger partial charge on any atom is 0.308 e. The average molecular weight is 270 g/mol. The van der Waals surface area contributed by atoms with Gasteiger partial charge in [0, 0.05) is 20.0 Å². The van der Waals surface area contributed by atoms with Gasteiger partial charge in [-0.1, -0.05) is 12.2 Å². The Kier molecular flexibility index (Phi) is 5.72. The Hall–Kier alpha value is -0.970. The van der Waals surface area contributed by atoms with Crippen molar-refractivity contribution in [1.29, 1.82) is 0 Å². The van der Waals surface area contributed by atoms with E-state index < -0.39 is 0 Å². The Morgan fingerprint density at radius 1 is 1.22 bits per heavy atom. The van der Waals surface area contributed by atoms with Gasteiger partial charge < -0.3 is 9.64 Å². The number of carbonyl (C=O) groups excluding carboxylic acids is 1. The van der Waals surface area contributed by atoms with Crippen molar-refractivity contribution in [2.24, 2.45) is 16.8 Å². The second-order valence-electron chi connectivity index (χ2n) is 4.96. The predicted molar refractivity (Wildman–Crippen MR) is 76.9 cm³/mol. The Morgan fingerprint density at radius 3 is 2.17 bits per heavy atom. The monoisotopic (exact) mass is 270 g/mol. The summed E-state index contributed by atoms with van der Waals surface area (Å²) in [5.74, 6) is 1.21. The molecule has 0 radical (unpaired) electrons. The van der Waals surface area contributed by atoms with E-state index in [0.717, 1.165) is 36.5 Å². The highest BCUT2D eigenvalue weighted by Gasteiger charge is 2.28. The molecule has 1 aliphatic rings. The molecule has 1 aliphatic carbocycles. The SMILES string of the molecule is COC(=O)C1CCC(C(=S)/N=C(/C)N(C)C)CC1. The summed E-state index contributed by atoms with van der Waals surface area (Å²) in [6, 6.07) is 0. The Morgan fingerprint density at radius 2 is 1.72 bits per heavy atom. The molecule has 4 nitrogen and oxygen atoms in total. The van der Waals surface area contributed by atoms with Crippen LogP contribution in [0.15, 0.2) is 4.99 Å². The van der Waals surface area contributed by atoms with Gasteiger partial charge in [0.05, 0.1) is 13.0 Å². The molecule has 1 fully saturated rings. The van der Waals surface area contributed by atoms with Crippen molar-refractivity contribution >= 4 is 29.0 Å². The van der Waals surface area contributed by atoms with E-state index in [1.807, 2.05) is 25.9 Å². The second kappa shape index (κ2) is 6.83. The van der Waals surface area contributed by atoms with Crippen LogP contribution in [0.5, 0.6) is 0 Å². The molecule has 0 amide bonds. The summed E-state index contributed by atoms with van der Waals surface area (Å²) in [7, 11) is 5.36. The van der Waals surface area contributed by atoms with Crippen molar-refractivity contribution < 1.29 is 9.53 Å². The molecule has 0 aromatic heterocycles. The fourth-order valence-corrected chi connectivity index (χ4v) is 2.46. The summed E-state index contributed by atoms with van der Waals surface area (Å²) in [4.78, 5) is 18.6. The average Bonchev–Trinajstić information content (AvgIpc) is 2.37. The third kappa shape index (κ3) is 4.05. The minimum Gasteiger partial charge on any atom is -0.469 e. The largest absolute Gasteiger partial charge is 0.469 e. The molecule has 0 heterocycles. The van der Waals surface area contributed by atoms with Gasteiger partial charge in [0.15, 0.2) is 0 Å². The van der Waals surface area contributed by atoms with Crippen LogP contribution in [0.4, 0.5) is 0 Å². The number of aliphatic imine (C=N–C) groups is 1. The first-order valence-corrected chi connectivity index (χ1v) is 6.70. The zero-order valence-corrected chi connectivity index (χ0v) is 12.4. The number of thiocarbonyl (C=S) groups is 1. The van der Waals surface area contributed by atoms with Crippen molar-refractivity contribution in [1.82, 2.24) is 4.90 Å². The first kappa shape index (κ1) is 15.1. The lowest BCUT2D eigenvalue weighted by atomic mass is 9.82. The Balaban J connectivity index is 2.51.